The van der Waals surface area contributed by atoms with E-state index in [1.165, 1.54) is 38.8 Å². The predicted molar refractivity (Wildman–Crippen MR) is 94.5 cm³/mol. The summed E-state index contributed by atoms with van der Waals surface area (Å²) in [5, 5.41) is 6.50. The maximum Gasteiger partial charge on any atom is 0.190 e. The van der Waals surface area contributed by atoms with Gasteiger partial charge in [0, 0.05) is 26.7 Å². The molecule has 2 N–H and O–H groups in total. The van der Waals surface area contributed by atoms with Crippen molar-refractivity contribution < 1.29 is 0 Å². The van der Waals surface area contributed by atoms with Crippen LogP contribution in [0.3, 0.4) is 0 Å². The van der Waals surface area contributed by atoms with E-state index in [-0.39, 0.29) is 24.0 Å². The first kappa shape index (κ1) is 19.0. The monoisotopic (exact) mass is 382 g/mol. The van der Waals surface area contributed by atoms with Gasteiger partial charge in [0.25, 0.3) is 0 Å². The van der Waals surface area contributed by atoms with E-state index in [2.05, 4.69) is 34.4 Å². The van der Waals surface area contributed by atoms with Gasteiger partial charge in [-0.05, 0) is 31.8 Å². The number of aliphatic imine (C=N–C) groups is 1. The van der Waals surface area contributed by atoms with Crippen LogP contribution >= 0.6 is 24.0 Å². The summed E-state index contributed by atoms with van der Waals surface area (Å²) in [6.07, 6.45) is 5.49. The molecule has 0 aromatic carbocycles. The van der Waals surface area contributed by atoms with Crippen LogP contribution in [0.4, 0.5) is 0 Å². The van der Waals surface area contributed by atoms with Crippen molar-refractivity contribution in [3.8, 4) is 0 Å². The van der Waals surface area contributed by atoms with Crippen LogP contribution in [-0.4, -0.2) is 50.6 Å². The van der Waals surface area contributed by atoms with Crippen LogP contribution in [0.1, 0.15) is 39.5 Å². The van der Waals surface area contributed by atoms with Crippen molar-refractivity contribution in [2.75, 3.05) is 33.7 Å². The van der Waals surface area contributed by atoms with Crippen LogP contribution in [0.2, 0.25) is 0 Å². The third kappa shape index (κ3) is 6.79. The van der Waals surface area contributed by atoms with Crippen molar-refractivity contribution in [1.29, 1.82) is 0 Å². The van der Waals surface area contributed by atoms with Gasteiger partial charge in [0.2, 0.25) is 0 Å². The molecule has 4 nitrogen and oxygen atoms in total. The molecule has 0 bridgehead atoms. The molecule has 19 heavy (non-hydrogen) atoms. The highest BCUT2D eigenvalue weighted by molar-refractivity contribution is 14.0. The normalized spacial score (nSPS) is 19.5. The van der Waals surface area contributed by atoms with Crippen molar-refractivity contribution in [2.45, 2.75) is 45.6 Å². The average molecular weight is 382 g/mol. The Kier molecular flexibility index (Phi) is 10.7. The average Bonchev–Trinajstić information content (AvgIpc) is 2.63. The zero-order valence-electron chi connectivity index (χ0n) is 12.9. The van der Waals surface area contributed by atoms with Gasteiger partial charge in [0.1, 0.15) is 0 Å². The van der Waals surface area contributed by atoms with E-state index in [4.69, 9.17) is 0 Å². The Hall–Kier alpha value is -0.0400. The molecule has 1 fully saturated rings. The summed E-state index contributed by atoms with van der Waals surface area (Å²) in [4.78, 5) is 6.84. The van der Waals surface area contributed by atoms with Crippen LogP contribution in [0.25, 0.3) is 0 Å². The molecular weight excluding hydrogens is 351 g/mol. The molecule has 5 heteroatoms. The smallest absolute Gasteiger partial charge is 0.190 e. The number of hydrogen-bond donors (Lipinski definition) is 2. The summed E-state index contributed by atoms with van der Waals surface area (Å²) in [6.45, 7) is 8.12. The number of likely N-dealkylation sites (tertiary alicyclic amines) is 1. The first-order valence-electron chi connectivity index (χ1n) is 7.31. The quantitative estimate of drug-likeness (QED) is 0.445. The molecule has 1 heterocycles. The lowest BCUT2D eigenvalue weighted by molar-refractivity contribution is 0.161. The molecule has 1 aliphatic heterocycles. The minimum Gasteiger partial charge on any atom is -0.359 e. The number of halogens is 1. The number of nitrogens with one attached hydrogen (secondary N) is 2. The molecule has 1 rings (SSSR count). The molecule has 0 aromatic heterocycles. The van der Waals surface area contributed by atoms with Crippen molar-refractivity contribution in [3.05, 3.63) is 0 Å². The van der Waals surface area contributed by atoms with Gasteiger partial charge in [-0.25, -0.2) is 0 Å². The fourth-order valence-electron chi connectivity index (χ4n) is 2.69. The highest BCUT2D eigenvalue weighted by Crippen LogP contribution is 2.16. The summed E-state index contributed by atoms with van der Waals surface area (Å²) in [7, 11) is 3.72. The van der Waals surface area contributed by atoms with Gasteiger partial charge in [0.15, 0.2) is 5.96 Å². The first-order valence-corrected chi connectivity index (χ1v) is 7.31. The number of nitrogens with zero attached hydrogens (tertiary/aromatic N) is 2. The minimum absolute atomic E-state index is 0. The van der Waals surface area contributed by atoms with Crippen LogP contribution in [0.5, 0.6) is 0 Å². The molecule has 1 aliphatic rings. The Balaban J connectivity index is 0.00000324. The summed E-state index contributed by atoms with van der Waals surface area (Å²) in [5.41, 5.74) is 0. The molecule has 0 spiro atoms. The summed E-state index contributed by atoms with van der Waals surface area (Å²) in [5.74, 6) is 1.56. The van der Waals surface area contributed by atoms with Gasteiger partial charge >= 0.3 is 0 Å². The molecule has 1 unspecified atom stereocenters. The van der Waals surface area contributed by atoms with Crippen LogP contribution in [-0.2, 0) is 0 Å². The Labute approximate surface area is 135 Å². The minimum atomic E-state index is 0. The second kappa shape index (κ2) is 10.7. The third-order valence-electron chi connectivity index (χ3n) is 3.82. The van der Waals surface area contributed by atoms with Crippen molar-refractivity contribution >= 4 is 29.9 Å². The number of rotatable bonds is 4. The van der Waals surface area contributed by atoms with E-state index in [9.17, 15) is 0 Å². The van der Waals surface area contributed by atoms with Crippen LogP contribution in [0, 0.1) is 5.92 Å². The topological polar surface area (TPSA) is 39.7 Å². The van der Waals surface area contributed by atoms with Crippen LogP contribution in [0.15, 0.2) is 4.99 Å². The molecule has 0 radical (unpaired) electrons. The Bertz CT molecular complexity index is 248. The molecule has 0 amide bonds. The van der Waals surface area contributed by atoms with E-state index >= 15 is 0 Å². The molecule has 1 saturated heterocycles. The highest BCUT2D eigenvalue weighted by Gasteiger charge is 2.22. The van der Waals surface area contributed by atoms with E-state index < -0.39 is 0 Å². The SMILES string of the molecule is CN=C(NC)NCC(C(C)C)N1CCCCCC1.I. The van der Waals surface area contributed by atoms with Crippen LogP contribution < -0.4 is 10.6 Å². The number of guanidine groups is 1. The summed E-state index contributed by atoms with van der Waals surface area (Å²) >= 11 is 0. The van der Waals surface area contributed by atoms with Gasteiger partial charge in [-0.2, -0.15) is 0 Å². The van der Waals surface area contributed by atoms with E-state index in [0.717, 1.165) is 12.5 Å². The highest BCUT2D eigenvalue weighted by atomic mass is 127. The number of hydrogen-bond acceptors (Lipinski definition) is 2. The Morgan fingerprint density at radius 2 is 1.74 bits per heavy atom. The predicted octanol–water partition coefficient (Wildman–Crippen LogP) is 2.30. The first-order chi connectivity index (χ1) is 8.69. The maximum atomic E-state index is 4.18. The van der Waals surface area contributed by atoms with E-state index in [0.29, 0.717) is 12.0 Å². The molecule has 0 aromatic rings. The zero-order valence-corrected chi connectivity index (χ0v) is 15.2. The molecular formula is C14H31IN4. The van der Waals surface area contributed by atoms with Gasteiger partial charge < -0.3 is 10.6 Å². The van der Waals surface area contributed by atoms with Gasteiger partial charge in [-0.3, -0.25) is 9.89 Å². The molecule has 1 atom stereocenters. The maximum absolute atomic E-state index is 4.18. The van der Waals surface area contributed by atoms with E-state index in [1.54, 1.807) is 0 Å². The van der Waals surface area contributed by atoms with Crippen molar-refractivity contribution in [3.63, 3.8) is 0 Å². The fraction of sp³-hybridized carbons (Fsp3) is 0.929. The molecule has 0 saturated carbocycles. The fourth-order valence-corrected chi connectivity index (χ4v) is 2.69. The molecule has 0 aliphatic carbocycles. The standard InChI is InChI=1S/C14H30N4.HI/c1-12(2)13(11-17-14(15-3)16-4)18-9-7-5-6-8-10-18;/h12-13H,5-11H2,1-4H3,(H2,15,16,17);1H. The summed E-state index contributed by atoms with van der Waals surface area (Å²) < 4.78 is 0. The zero-order chi connectivity index (χ0) is 13.4. The lowest BCUT2D eigenvalue weighted by Crippen LogP contribution is -2.49. The Morgan fingerprint density at radius 1 is 1.16 bits per heavy atom. The third-order valence-corrected chi connectivity index (χ3v) is 3.82. The van der Waals surface area contributed by atoms with Crippen molar-refractivity contribution in [2.24, 2.45) is 10.9 Å². The molecule has 114 valence electrons. The van der Waals surface area contributed by atoms with E-state index in [1.807, 2.05) is 14.1 Å². The second-order valence-electron chi connectivity index (χ2n) is 5.46. The van der Waals surface area contributed by atoms with Gasteiger partial charge in [-0.1, -0.05) is 26.7 Å². The largest absolute Gasteiger partial charge is 0.359 e. The summed E-state index contributed by atoms with van der Waals surface area (Å²) in [6, 6.07) is 0.605. The lowest BCUT2D eigenvalue weighted by Gasteiger charge is -2.34. The van der Waals surface area contributed by atoms with Gasteiger partial charge in [0.05, 0.1) is 0 Å². The lowest BCUT2D eigenvalue weighted by atomic mass is 10.0. The second-order valence-corrected chi connectivity index (χ2v) is 5.46. The Morgan fingerprint density at radius 3 is 2.16 bits per heavy atom. The van der Waals surface area contributed by atoms with Gasteiger partial charge in [-0.15, -0.1) is 24.0 Å². The van der Waals surface area contributed by atoms with Crippen molar-refractivity contribution in [1.82, 2.24) is 15.5 Å².